The van der Waals surface area contributed by atoms with E-state index in [2.05, 4.69) is 10.1 Å². The van der Waals surface area contributed by atoms with Crippen LogP contribution in [0.1, 0.15) is 34.9 Å². The zero-order chi connectivity index (χ0) is 17.4. The molecule has 3 heterocycles. The summed E-state index contributed by atoms with van der Waals surface area (Å²) in [5.41, 5.74) is 1.78. The van der Waals surface area contributed by atoms with Crippen LogP contribution in [0.4, 0.5) is 4.39 Å². The van der Waals surface area contributed by atoms with Crippen LogP contribution >= 0.6 is 0 Å². The van der Waals surface area contributed by atoms with Crippen LogP contribution in [0.25, 0.3) is 10.9 Å². The summed E-state index contributed by atoms with van der Waals surface area (Å²) in [4.78, 5) is 19.3. The third-order valence-electron chi connectivity index (χ3n) is 4.78. The highest BCUT2D eigenvalue weighted by molar-refractivity contribution is 5.98. The quantitative estimate of drug-likeness (QED) is 0.720. The second-order valence-corrected chi connectivity index (χ2v) is 6.49. The zero-order valence-electron chi connectivity index (χ0n) is 14.0. The van der Waals surface area contributed by atoms with Crippen molar-refractivity contribution in [2.24, 2.45) is 0 Å². The van der Waals surface area contributed by atoms with Gasteiger partial charge in [-0.2, -0.15) is 5.10 Å². The van der Waals surface area contributed by atoms with Crippen molar-refractivity contribution >= 4 is 16.8 Å². The number of carbonyl (C=O) groups is 1. The maximum Gasteiger partial charge on any atom is 0.255 e. The summed E-state index contributed by atoms with van der Waals surface area (Å²) in [6.07, 6.45) is 5.66. The van der Waals surface area contributed by atoms with Crippen LogP contribution in [0, 0.1) is 12.7 Å². The molecule has 0 spiro atoms. The molecule has 1 fully saturated rings. The number of pyridine rings is 1. The summed E-state index contributed by atoms with van der Waals surface area (Å²) in [6.45, 7) is 3.17. The van der Waals surface area contributed by atoms with Crippen molar-refractivity contribution in [3.8, 4) is 0 Å². The number of rotatable bonds is 2. The second kappa shape index (κ2) is 6.27. The lowest BCUT2D eigenvalue weighted by atomic mass is 10.0. The van der Waals surface area contributed by atoms with Crippen LogP contribution in [-0.2, 0) is 0 Å². The van der Waals surface area contributed by atoms with Crippen LogP contribution in [0.15, 0.2) is 42.7 Å². The predicted molar refractivity (Wildman–Crippen MR) is 92.8 cm³/mol. The van der Waals surface area contributed by atoms with E-state index in [4.69, 9.17) is 0 Å². The van der Waals surface area contributed by atoms with Crippen molar-refractivity contribution in [3.05, 3.63) is 59.8 Å². The van der Waals surface area contributed by atoms with Gasteiger partial charge in [0, 0.05) is 36.9 Å². The fourth-order valence-electron chi connectivity index (χ4n) is 3.48. The maximum atomic E-state index is 13.4. The normalized spacial score (nSPS) is 17.8. The molecule has 1 amide bonds. The molecule has 1 aromatic carbocycles. The minimum atomic E-state index is -0.323. The number of nitrogens with zero attached hydrogens (tertiary/aromatic N) is 4. The van der Waals surface area contributed by atoms with Gasteiger partial charge in [0.15, 0.2) is 0 Å². The van der Waals surface area contributed by atoms with Gasteiger partial charge in [-0.3, -0.25) is 14.5 Å². The Balaban J connectivity index is 1.62. The topological polar surface area (TPSA) is 51.0 Å². The number of amides is 1. The largest absolute Gasteiger partial charge is 0.336 e. The first kappa shape index (κ1) is 15.7. The summed E-state index contributed by atoms with van der Waals surface area (Å²) in [6, 6.07) is 8.37. The van der Waals surface area contributed by atoms with E-state index < -0.39 is 0 Å². The van der Waals surface area contributed by atoms with Gasteiger partial charge in [0.1, 0.15) is 5.82 Å². The van der Waals surface area contributed by atoms with E-state index in [0.29, 0.717) is 23.3 Å². The van der Waals surface area contributed by atoms with Gasteiger partial charge in [-0.25, -0.2) is 4.39 Å². The molecule has 5 nitrogen and oxygen atoms in total. The molecular weight excluding hydrogens is 319 g/mol. The van der Waals surface area contributed by atoms with E-state index in [-0.39, 0.29) is 17.8 Å². The fourth-order valence-corrected chi connectivity index (χ4v) is 3.48. The van der Waals surface area contributed by atoms with Gasteiger partial charge in [-0.1, -0.05) is 0 Å². The fraction of sp³-hybridized carbons (Fsp3) is 0.316. The third-order valence-corrected chi connectivity index (χ3v) is 4.78. The first-order chi connectivity index (χ1) is 12.1. The molecular formula is C19H19FN4O. The highest BCUT2D eigenvalue weighted by atomic mass is 19.1. The van der Waals surface area contributed by atoms with Crippen LogP contribution in [0.2, 0.25) is 0 Å². The molecule has 25 heavy (non-hydrogen) atoms. The Morgan fingerprint density at radius 3 is 3.00 bits per heavy atom. The van der Waals surface area contributed by atoms with Gasteiger partial charge in [0.2, 0.25) is 0 Å². The molecule has 2 aromatic heterocycles. The third kappa shape index (κ3) is 2.99. The number of benzene rings is 1. The Morgan fingerprint density at radius 1 is 1.32 bits per heavy atom. The number of likely N-dealkylation sites (tertiary alicyclic amines) is 1. The van der Waals surface area contributed by atoms with Gasteiger partial charge in [-0.05, 0) is 44.0 Å². The average Bonchev–Trinajstić information content (AvgIpc) is 3.15. The number of hydrogen-bond donors (Lipinski definition) is 0. The van der Waals surface area contributed by atoms with E-state index >= 15 is 0 Å². The number of aryl methyl sites for hydroxylation is 1. The Labute approximate surface area is 145 Å². The molecule has 0 aliphatic carbocycles. The summed E-state index contributed by atoms with van der Waals surface area (Å²) in [5.74, 6) is -0.343. The van der Waals surface area contributed by atoms with Crippen molar-refractivity contribution in [2.45, 2.75) is 25.8 Å². The Morgan fingerprint density at radius 2 is 2.20 bits per heavy atom. The molecule has 1 aliphatic rings. The second-order valence-electron chi connectivity index (χ2n) is 6.49. The Hall–Kier alpha value is -2.76. The lowest BCUT2D eigenvalue weighted by Gasteiger charge is -2.33. The predicted octanol–water partition coefficient (Wildman–Crippen LogP) is 3.36. The van der Waals surface area contributed by atoms with Gasteiger partial charge >= 0.3 is 0 Å². The highest BCUT2D eigenvalue weighted by Crippen LogP contribution is 2.24. The van der Waals surface area contributed by atoms with Gasteiger partial charge in [0.25, 0.3) is 5.91 Å². The van der Waals surface area contributed by atoms with E-state index in [0.717, 1.165) is 24.8 Å². The molecule has 128 valence electrons. The monoisotopic (exact) mass is 338 g/mol. The first-order valence-electron chi connectivity index (χ1n) is 8.47. The number of aromatic nitrogens is 3. The number of carbonyl (C=O) groups excluding carboxylic acids is 1. The van der Waals surface area contributed by atoms with E-state index in [1.54, 1.807) is 19.2 Å². The zero-order valence-corrected chi connectivity index (χ0v) is 14.0. The Kier molecular flexibility index (Phi) is 3.95. The summed E-state index contributed by atoms with van der Waals surface area (Å²) < 4.78 is 15.3. The van der Waals surface area contributed by atoms with Gasteiger partial charge < -0.3 is 4.90 Å². The number of hydrogen-bond acceptors (Lipinski definition) is 3. The smallest absolute Gasteiger partial charge is 0.255 e. The molecule has 1 unspecified atom stereocenters. The van der Waals surface area contributed by atoms with E-state index in [9.17, 15) is 9.18 Å². The number of piperidine rings is 1. The molecule has 0 radical (unpaired) electrons. The SMILES string of the molecule is Cc1nc2cc(F)ccc2cc1C(=O)N1CCCC(n2cccn2)C1. The molecule has 0 saturated carbocycles. The van der Waals surface area contributed by atoms with E-state index in [1.807, 2.05) is 27.9 Å². The molecule has 3 aromatic rings. The molecule has 1 atom stereocenters. The van der Waals surface area contributed by atoms with Crippen molar-refractivity contribution in [1.82, 2.24) is 19.7 Å². The minimum Gasteiger partial charge on any atom is -0.336 e. The van der Waals surface area contributed by atoms with Gasteiger partial charge in [0.05, 0.1) is 22.8 Å². The van der Waals surface area contributed by atoms with Crippen molar-refractivity contribution < 1.29 is 9.18 Å². The first-order valence-corrected chi connectivity index (χ1v) is 8.47. The number of halogens is 1. The highest BCUT2D eigenvalue weighted by Gasteiger charge is 2.27. The van der Waals surface area contributed by atoms with Crippen LogP contribution in [0.3, 0.4) is 0 Å². The maximum absolute atomic E-state index is 13.4. The minimum absolute atomic E-state index is 0.0203. The van der Waals surface area contributed by atoms with Crippen LogP contribution in [-0.4, -0.2) is 38.7 Å². The van der Waals surface area contributed by atoms with Crippen molar-refractivity contribution in [2.75, 3.05) is 13.1 Å². The molecule has 0 N–H and O–H groups in total. The molecule has 0 bridgehead atoms. The molecule has 6 heteroatoms. The Bertz CT molecular complexity index is 923. The van der Waals surface area contributed by atoms with Crippen LogP contribution in [0.5, 0.6) is 0 Å². The standard InChI is InChI=1S/C19H19FN4O/c1-13-17(10-14-5-6-15(20)11-18(14)22-13)19(25)23-8-2-4-16(12-23)24-9-3-7-21-24/h3,5-7,9-11,16H,2,4,8,12H2,1H3. The molecule has 1 saturated heterocycles. The molecule has 4 rings (SSSR count). The van der Waals surface area contributed by atoms with Gasteiger partial charge in [-0.15, -0.1) is 0 Å². The molecule has 1 aliphatic heterocycles. The summed E-state index contributed by atoms with van der Waals surface area (Å²) >= 11 is 0. The van der Waals surface area contributed by atoms with Crippen molar-refractivity contribution in [3.63, 3.8) is 0 Å². The summed E-state index contributed by atoms with van der Waals surface area (Å²) in [7, 11) is 0. The van der Waals surface area contributed by atoms with Crippen molar-refractivity contribution in [1.29, 1.82) is 0 Å². The lowest BCUT2D eigenvalue weighted by molar-refractivity contribution is 0.0672. The van der Waals surface area contributed by atoms with E-state index in [1.165, 1.54) is 12.1 Å². The lowest BCUT2D eigenvalue weighted by Crippen LogP contribution is -2.41. The summed E-state index contributed by atoms with van der Waals surface area (Å²) in [5, 5.41) is 5.08. The van der Waals surface area contributed by atoms with Crippen LogP contribution < -0.4 is 0 Å². The average molecular weight is 338 g/mol. The number of fused-ring (bicyclic) bond motifs is 1.